The van der Waals surface area contributed by atoms with Crippen LogP contribution in [0.15, 0.2) is 29.0 Å². The summed E-state index contributed by atoms with van der Waals surface area (Å²) in [6, 6.07) is 3.63. The fraction of sp³-hybridized carbons (Fsp3) is 0.429. The highest BCUT2D eigenvalue weighted by Gasteiger charge is 2.26. The van der Waals surface area contributed by atoms with E-state index in [1.54, 1.807) is 23.2 Å². The largest absolute Gasteiger partial charge is 0.467 e. The van der Waals surface area contributed by atoms with E-state index in [-0.39, 0.29) is 11.8 Å². The van der Waals surface area contributed by atoms with Crippen LogP contribution in [-0.2, 0) is 18.3 Å². The monoisotopic (exact) mass is 275 g/mol. The zero-order chi connectivity index (χ0) is 13.9. The molecule has 1 aliphatic rings. The molecule has 1 aliphatic heterocycles. The fourth-order valence-electron chi connectivity index (χ4n) is 2.41. The number of carbonyl (C=O) groups is 1. The third-order valence-corrected chi connectivity index (χ3v) is 3.42. The second-order valence-corrected chi connectivity index (χ2v) is 4.92. The van der Waals surface area contributed by atoms with E-state index in [0.29, 0.717) is 18.7 Å². The number of rotatable bonds is 4. The molecule has 0 unspecified atom stereocenters. The van der Waals surface area contributed by atoms with Gasteiger partial charge < -0.3 is 14.5 Å². The van der Waals surface area contributed by atoms with Gasteiger partial charge in [0.2, 0.25) is 0 Å². The van der Waals surface area contributed by atoms with E-state index in [0.717, 1.165) is 24.5 Å². The van der Waals surface area contributed by atoms with E-state index < -0.39 is 0 Å². The highest BCUT2D eigenvalue weighted by atomic mass is 16.5. The highest BCUT2D eigenvalue weighted by molar-refractivity contribution is 5.95. The molecule has 0 spiro atoms. The summed E-state index contributed by atoms with van der Waals surface area (Å²) in [6.07, 6.45) is 4.26. The number of ether oxygens (including phenoxy) is 1. The van der Waals surface area contributed by atoms with Crippen LogP contribution in [0.25, 0.3) is 0 Å². The molecule has 2 aromatic heterocycles. The van der Waals surface area contributed by atoms with Crippen LogP contribution in [0.2, 0.25) is 0 Å². The third-order valence-electron chi connectivity index (χ3n) is 3.42. The first-order valence-corrected chi connectivity index (χ1v) is 6.66. The van der Waals surface area contributed by atoms with E-state index in [1.165, 1.54) is 0 Å². The molecule has 0 saturated carbocycles. The first kappa shape index (κ1) is 12.9. The van der Waals surface area contributed by atoms with E-state index in [1.807, 2.05) is 13.1 Å². The standard InChI is InChI=1S/C14H17N3O3/c1-17-8-12(13(16-17)10-4-6-19-9-10)14(18)15-7-11-3-2-5-20-11/h2-3,5,8,10H,4,6-7,9H2,1H3,(H,15,18)/t10-/m0/s1. The Kier molecular flexibility index (Phi) is 3.56. The Morgan fingerprint density at radius 3 is 3.20 bits per heavy atom. The molecule has 0 bridgehead atoms. The number of carbonyl (C=O) groups excluding carboxylic acids is 1. The average Bonchev–Trinajstić information content (AvgIpc) is 3.16. The molecule has 0 aromatic carbocycles. The van der Waals surface area contributed by atoms with Gasteiger partial charge in [-0.3, -0.25) is 9.48 Å². The van der Waals surface area contributed by atoms with Crippen molar-refractivity contribution in [3.8, 4) is 0 Å². The fourth-order valence-corrected chi connectivity index (χ4v) is 2.41. The summed E-state index contributed by atoms with van der Waals surface area (Å²) in [5.41, 5.74) is 1.44. The molecular formula is C14H17N3O3. The lowest BCUT2D eigenvalue weighted by Crippen LogP contribution is -2.23. The lowest BCUT2D eigenvalue weighted by Gasteiger charge is -2.07. The number of aromatic nitrogens is 2. The van der Waals surface area contributed by atoms with Crippen molar-refractivity contribution in [3.63, 3.8) is 0 Å². The molecule has 20 heavy (non-hydrogen) atoms. The van der Waals surface area contributed by atoms with Crippen molar-refractivity contribution in [2.24, 2.45) is 7.05 Å². The van der Waals surface area contributed by atoms with Gasteiger partial charge in [0.1, 0.15) is 5.76 Å². The molecule has 6 nitrogen and oxygen atoms in total. The Balaban J connectivity index is 1.73. The summed E-state index contributed by atoms with van der Waals surface area (Å²) in [5.74, 6) is 0.810. The zero-order valence-electron chi connectivity index (χ0n) is 11.3. The Labute approximate surface area is 116 Å². The molecule has 2 aromatic rings. The Morgan fingerprint density at radius 2 is 2.50 bits per heavy atom. The van der Waals surface area contributed by atoms with Gasteiger partial charge in [0.05, 0.1) is 30.7 Å². The first-order chi connectivity index (χ1) is 9.74. The van der Waals surface area contributed by atoms with Crippen molar-refractivity contribution in [3.05, 3.63) is 41.6 Å². The van der Waals surface area contributed by atoms with Gasteiger partial charge >= 0.3 is 0 Å². The van der Waals surface area contributed by atoms with Crippen molar-refractivity contribution in [1.29, 1.82) is 0 Å². The Bertz CT molecular complexity index is 583. The summed E-state index contributed by atoms with van der Waals surface area (Å²) in [5, 5.41) is 7.26. The van der Waals surface area contributed by atoms with Crippen LogP contribution < -0.4 is 5.32 Å². The molecule has 1 amide bonds. The van der Waals surface area contributed by atoms with Crippen LogP contribution in [-0.4, -0.2) is 28.9 Å². The van der Waals surface area contributed by atoms with Crippen LogP contribution >= 0.6 is 0 Å². The number of nitrogens with zero attached hydrogens (tertiary/aromatic N) is 2. The van der Waals surface area contributed by atoms with Gasteiger partial charge in [-0.15, -0.1) is 0 Å². The molecular weight excluding hydrogens is 258 g/mol. The predicted molar refractivity (Wildman–Crippen MR) is 71.3 cm³/mol. The zero-order valence-corrected chi connectivity index (χ0v) is 11.3. The van der Waals surface area contributed by atoms with Gasteiger partial charge in [0.15, 0.2) is 0 Å². The highest BCUT2D eigenvalue weighted by Crippen LogP contribution is 2.26. The number of aryl methyl sites for hydroxylation is 1. The van der Waals surface area contributed by atoms with Crippen LogP contribution in [0.4, 0.5) is 0 Å². The second kappa shape index (κ2) is 5.50. The molecule has 1 fully saturated rings. The lowest BCUT2D eigenvalue weighted by molar-refractivity contribution is 0.0946. The van der Waals surface area contributed by atoms with Crippen molar-refractivity contribution >= 4 is 5.91 Å². The number of nitrogens with one attached hydrogen (secondary N) is 1. The molecule has 1 atom stereocenters. The lowest BCUT2D eigenvalue weighted by atomic mass is 10.0. The number of hydrogen-bond donors (Lipinski definition) is 1. The van der Waals surface area contributed by atoms with Gasteiger partial charge in [-0.05, 0) is 18.6 Å². The first-order valence-electron chi connectivity index (χ1n) is 6.66. The second-order valence-electron chi connectivity index (χ2n) is 4.92. The molecule has 0 aliphatic carbocycles. The minimum atomic E-state index is -0.128. The van der Waals surface area contributed by atoms with Gasteiger partial charge in [0.25, 0.3) is 5.91 Å². The average molecular weight is 275 g/mol. The van der Waals surface area contributed by atoms with E-state index in [4.69, 9.17) is 9.15 Å². The quantitative estimate of drug-likeness (QED) is 0.917. The Hall–Kier alpha value is -2.08. The smallest absolute Gasteiger partial charge is 0.255 e. The van der Waals surface area contributed by atoms with Gasteiger partial charge in [0, 0.05) is 25.8 Å². The van der Waals surface area contributed by atoms with Gasteiger partial charge in [-0.2, -0.15) is 5.10 Å². The molecule has 3 rings (SSSR count). The normalized spacial score (nSPS) is 18.4. The summed E-state index contributed by atoms with van der Waals surface area (Å²) in [4.78, 5) is 12.3. The number of furan rings is 1. The SMILES string of the molecule is Cn1cc(C(=O)NCc2ccco2)c([C@H]2CCOC2)n1. The van der Waals surface area contributed by atoms with Crippen molar-refractivity contribution in [1.82, 2.24) is 15.1 Å². The van der Waals surface area contributed by atoms with E-state index in [9.17, 15) is 4.79 Å². The number of amides is 1. The van der Waals surface area contributed by atoms with Crippen molar-refractivity contribution < 1.29 is 13.9 Å². The predicted octanol–water partition coefficient (Wildman–Crippen LogP) is 1.45. The molecule has 1 N–H and O–H groups in total. The third kappa shape index (κ3) is 2.60. The summed E-state index contributed by atoms with van der Waals surface area (Å²) < 4.78 is 12.3. The van der Waals surface area contributed by atoms with Crippen molar-refractivity contribution in [2.75, 3.05) is 13.2 Å². The van der Waals surface area contributed by atoms with E-state index >= 15 is 0 Å². The van der Waals surface area contributed by atoms with Crippen LogP contribution in [0, 0.1) is 0 Å². The summed E-state index contributed by atoms with van der Waals surface area (Å²) in [7, 11) is 1.82. The van der Waals surface area contributed by atoms with Gasteiger partial charge in [-0.1, -0.05) is 0 Å². The van der Waals surface area contributed by atoms with Gasteiger partial charge in [-0.25, -0.2) is 0 Å². The maximum absolute atomic E-state index is 12.3. The summed E-state index contributed by atoms with van der Waals surface area (Å²) >= 11 is 0. The minimum absolute atomic E-state index is 0.128. The summed E-state index contributed by atoms with van der Waals surface area (Å²) in [6.45, 7) is 1.74. The maximum Gasteiger partial charge on any atom is 0.255 e. The van der Waals surface area contributed by atoms with Crippen LogP contribution in [0.5, 0.6) is 0 Å². The Morgan fingerprint density at radius 1 is 1.60 bits per heavy atom. The van der Waals surface area contributed by atoms with Crippen LogP contribution in [0.1, 0.15) is 34.2 Å². The molecule has 3 heterocycles. The maximum atomic E-state index is 12.3. The molecule has 106 valence electrons. The number of hydrogen-bond acceptors (Lipinski definition) is 4. The topological polar surface area (TPSA) is 69.3 Å². The molecule has 1 saturated heterocycles. The molecule has 6 heteroatoms. The molecule has 0 radical (unpaired) electrons. The van der Waals surface area contributed by atoms with Crippen molar-refractivity contribution in [2.45, 2.75) is 18.9 Å². The van der Waals surface area contributed by atoms with E-state index in [2.05, 4.69) is 10.4 Å². The van der Waals surface area contributed by atoms with Crippen LogP contribution in [0.3, 0.4) is 0 Å². The minimum Gasteiger partial charge on any atom is -0.467 e.